The van der Waals surface area contributed by atoms with E-state index in [1.54, 1.807) is 0 Å². The molecule has 0 amide bonds. The van der Waals surface area contributed by atoms with Gasteiger partial charge in [-0.15, -0.1) is 0 Å². The molecule has 2 aromatic rings. The minimum absolute atomic E-state index is 0.423. The fraction of sp³-hybridized carbons (Fsp3) is 0.600. The zero-order valence-corrected chi connectivity index (χ0v) is 20.8. The van der Waals surface area contributed by atoms with Crippen LogP contribution in [0.3, 0.4) is 0 Å². The van der Waals surface area contributed by atoms with E-state index >= 15 is 0 Å². The Balaban J connectivity index is 1.59. The summed E-state index contributed by atoms with van der Waals surface area (Å²) in [5.74, 6) is 0.879. The summed E-state index contributed by atoms with van der Waals surface area (Å²) in [5.41, 5.74) is 7.48. The third kappa shape index (κ3) is 7.21. The molecule has 1 nitrogen and oxygen atoms in total. The second-order valence-electron chi connectivity index (χ2n) is 10.8. The molecule has 2 aromatic carbocycles. The van der Waals surface area contributed by atoms with Crippen molar-refractivity contribution in [3.8, 4) is 11.1 Å². The van der Waals surface area contributed by atoms with Crippen LogP contribution in [0.5, 0.6) is 0 Å². The van der Waals surface area contributed by atoms with Gasteiger partial charge in [-0.25, -0.2) is 0 Å². The van der Waals surface area contributed by atoms with Gasteiger partial charge in [0.15, 0.2) is 0 Å². The van der Waals surface area contributed by atoms with E-state index in [9.17, 15) is 0 Å². The van der Waals surface area contributed by atoms with Crippen molar-refractivity contribution in [1.82, 2.24) is 5.32 Å². The largest absolute Gasteiger partial charge is 0.310 e. The van der Waals surface area contributed by atoms with E-state index in [-0.39, 0.29) is 0 Å². The maximum atomic E-state index is 3.78. The molecule has 31 heavy (non-hydrogen) atoms. The van der Waals surface area contributed by atoms with Crippen molar-refractivity contribution in [2.45, 2.75) is 98.4 Å². The van der Waals surface area contributed by atoms with Gasteiger partial charge < -0.3 is 5.32 Å². The molecule has 1 N–H and O–H groups in total. The van der Waals surface area contributed by atoms with Gasteiger partial charge in [-0.3, -0.25) is 0 Å². The lowest BCUT2D eigenvalue weighted by atomic mass is 9.83. The van der Waals surface area contributed by atoms with E-state index < -0.39 is 0 Å². The molecule has 0 spiro atoms. The summed E-state index contributed by atoms with van der Waals surface area (Å²) >= 11 is 0. The molecule has 0 bridgehead atoms. The van der Waals surface area contributed by atoms with Crippen LogP contribution in [0.25, 0.3) is 11.1 Å². The predicted molar refractivity (Wildman–Crippen MR) is 137 cm³/mol. The summed E-state index contributed by atoms with van der Waals surface area (Å²) in [4.78, 5) is 0. The van der Waals surface area contributed by atoms with E-state index in [0.29, 0.717) is 11.5 Å². The second kappa shape index (κ2) is 11.3. The summed E-state index contributed by atoms with van der Waals surface area (Å²) in [6.07, 6.45) is 12.1. The Morgan fingerprint density at radius 2 is 1.65 bits per heavy atom. The van der Waals surface area contributed by atoms with Gasteiger partial charge in [0.2, 0.25) is 0 Å². The van der Waals surface area contributed by atoms with Crippen LogP contribution in [-0.2, 0) is 6.42 Å². The van der Waals surface area contributed by atoms with Crippen LogP contribution in [-0.4, -0.2) is 6.54 Å². The Morgan fingerprint density at radius 1 is 0.968 bits per heavy atom. The minimum atomic E-state index is 0.423. The Bertz CT molecular complexity index is 796. The third-order valence-electron chi connectivity index (χ3n) is 7.79. The van der Waals surface area contributed by atoms with Crippen LogP contribution >= 0.6 is 0 Å². The summed E-state index contributed by atoms with van der Waals surface area (Å²) in [6.45, 7) is 12.8. The highest BCUT2D eigenvalue weighted by Gasteiger charge is 2.16. The molecule has 0 aromatic heterocycles. The van der Waals surface area contributed by atoms with Crippen molar-refractivity contribution < 1.29 is 0 Å². The molecule has 1 heteroatoms. The first-order valence-corrected chi connectivity index (χ1v) is 12.8. The number of benzene rings is 2. The summed E-state index contributed by atoms with van der Waals surface area (Å²) in [5, 5.41) is 3.78. The Morgan fingerprint density at radius 3 is 2.32 bits per heavy atom. The van der Waals surface area contributed by atoms with Crippen molar-refractivity contribution >= 4 is 0 Å². The average Bonchev–Trinajstić information content (AvgIpc) is 2.79. The van der Waals surface area contributed by atoms with Crippen LogP contribution in [0.15, 0.2) is 42.5 Å². The molecule has 1 atom stereocenters. The quantitative estimate of drug-likeness (QED) is 0.406. The number of aryl methyl sites for hydroxylation is 2. The summed E-state index contributed by atoms with van der Waals surface area (Å²) in [7, 11) is 0. The molecule has 0 radical (unpaired) electrons. The summed E-state index contributed by atoms with van der Waals surface area (Å²) in [6, 6.07) is 16.7. The maximum Gasteiger partial charge on any atom is 0.0291 e. The maximum absolute atomic E-state index is 3.78. The Labute approximate surface area is 192 Å². The Kier molecular flexibility index (Phi) is 8.78. The van der Waals surface area contributed by atoms with E-state index in [0.717, 1.165) is 5.92 Å². The van der Waals surface area contributed by atoms with Gasteiger partial charge in [-0.2, -0.15) is 0 Å². The predicted octanol–water partition coefficient (Wildman–Crippen LogP) is 8.65. The fourth-order valence-corrected chi connectivity index (χ4v) is 4.87. The monoisotopic (exact) mass is 419 g/mol. The van der Waals surface area contributed by atoms with Crippen LogP contribution in [0.4, 0.5) is 0 Å². The van der Waals surface area contributed by atoms with Crippen molar-refractivity contribution in [2.75, 3.05) is 6.54 Å². The highest BCUT2D eigenvalue weighted by atomic mass is 14.9. The van der Waals surface area contributed by atoms with Gasteiger partial charge in [0.25, 0.3) is 0 Å². The van der Waals surface area contributed by atoms with Crippen LogP contribution in [0.1, 0.15) is 102 Å². The van der Waals surface area contributed by atoms with E-state index in [1.807, 2.05) is 0 Å². The van der Waals surface area contributed by atoms with Crippen molar-refractivity contribution in [2.24, 2.45) is 11.3 Å². The lowest BCUT2D eigenvalue weighted by molar-refractivity contribution is 0.313. The van der Waals surface area contributed by atoms with Gasteiger partial charge in [-0.1, -0.05) is 88.9 Å². The SMILES string of the molecule is CCC(C)(C)CCCc1cc(-c2ccc(C(C)NCC3CCCCC3)cc2)ccc1C. The first-order valence-electron chi connectivity index (χ1n) is 12.8. The van der Waals surface area contributed by atoms with E-state index in [4.69, 9.17) is 0 Å². The summed E-state index contributed by atoms with van der Waals surface area (Å²) < 4.78 is 0. The highest BCUT2D eigenvalue weighted by Crippen LogP contribution is 2.29. The Hall–Kier alpha value is -1.60. The molecule has 0 saturated heterocycles. The smallest absolute Gasteiger partial charge is 0.0291 e. The lowest BCUT2D eigenvalue weighted by Crippen LogP contribution is -2.27. The van der Waals surface area contributed by atoms with E-state index in [1.165, 1.54) is 92.1 Å². The molecular formula is C30H45N. The third-order valence-corrected chi connectivity index (χ3v) is 7.79. The van der Waals surface area contributed by atoms with Gasteiger partial charge in [0.05, 0.1) is 0 Å². The first kappa shape index (κ1) is 24.1. The zero-order valence-electron chi connectivity index (χ0n) is 20.8. The van der Waals surface area contributed by atoms with E-state index in [2.05, 4.69) is 82.4 Å². The molecule has 1 aliphatic rings. The molecule has 1 saturated carbocycles. The zero-order chi connectivity index (χ0) is 22.3. The molecular weight excluding hydrogens is 374 g/mol. The topological polar surface area (TPSA) is 12.0 Å². The van der Waals surface area contributed by atoms with Crippen LogP contribution in [0, 0.1) is 18.3 Å². The highest BCUT2D eigenvalue weighted by molar-refractivity contribution is 5.65. The van der Waals surface area contributed by atoms with Gasteiger partial charge in [0, 0.05) is 6.04 Å². The number of nitrogens with one attached hydrogen (secondary N) is 1. The van der Waals surface area contributed by atoms with Crippen molar-refractivity contribution in [1.29, 1.82) is 0 Å². The fourth-order valence-electron chi connectivity index (χ4n) is 4.87. The molecule has 3 rings (SSSR count). The second-order valence-corrected chi connectivity index (χ2v) is 10.8. The molecule has 170 valence electrons. The number of hydrogen-bond acceptors (Lipinski definition) is 1. The average molecular weight is 420 g/mol. The van der Waals surface area contributed by atoms with Gasteiger partial charge >= 0.3 is 0 Å². The molecule has 1 fully saturated rings. The molecule has 0 heterocycles. The number of rotatable bonds is 10. The van der Waals surface area contributed by atoms with Gasteiger partial charge in [0.1, 0.15) is 0 Å². The number of hydrogen-bond donors (Lipinski definition) is 1. The molecule has 0 aliphatic heterocycles. The minimum Gasteiger partial charge on any atom is -0.310 e. The van der Waals surface area contributed by atoms with Crippen molar-refractivity contribution in [3.63, 3.8) is 0 Å². The lowest BCUT2D eigenvalue weighted by Gasteiger charge is -2.24. The van der Waals surface area contributed by atoms with Gasteiger partial charge in [-0.05, 0) is 91.6 Å². The van der Waals surface area contributed by atoms with Crippen molar-refractivity contribution in [3.05, 3.63) is 59.2 Å². The van der Waals surface area contributed by atoms with Crippen LogP contribution < -0.4 is 5.32 Å². The molecule has 1 aliphatic carbocycles. The standard InChI is InChI=1S/C30H45N/c1-6-30(4,5)20-10-13-28-21-29(15-14-23(28)2)27-18-16-26(17-19-27)24(3)31-22-25-11-8-7-9-12-25/h14-19,21,24-25,31H,6-13,20,22H2,1-5H3. The molecule has 1 unspecified atom stereocenters. The normalized spacial score (nSPS) is 16.4. The van der Waals surface area contributed by atoms with Crippen LogP contribution in [0.2, 0.25) is 0 Å². The first-order chi connectivity index (χ1) is 14.9.